The largest absolute Gasteiger partial charge is 0.416 e. The lowest BCUT2D eigenvalue weighted by atomic mass is 10.1. The van der Waals surface area contributed by atoms with Crippen LogP contribution >= 0.6 is 11.6 Å². The zero-order valence-corrected chi connectivity index (χ0v) is 14.9. The average molecular weight is 405 g/mol. The molecular formula is C19H12ClF3N4O. The van der Waals surface area contributed by atoms with Gasteiger partial charge in [0.15, 0.2) is 5.65 Å². The molecule has 142 valence electrons. The van der Waals surface area contributed by atoms with Gasteiger partial charge in [0.1, 0.15) is 11.7 Å². The van der Waals surface area contributed by atoms with E-state index in [1.54, 1.807) is 24.3 Å². The van der Waals surface area contributed by atoms with Crippen molar-refractivity contribution in [3.63, 3.8) is 0 Å². The number of fused-ring (bicyclic) bond motifs is 1. The van der Waals surface area contributed by atoms with Crippen molar-refractivity contribution in [2.24, 2.45) is 0 Å². The van der Waals surface area contributed by atoms with Crippen molar-refractivity contribution in [1.29, 1.82) is 0 Å². The first-order chi connectivity index (χ1) is 13.3. The van der Waals surface area contributed by atoms with Crippen LogP contribution in [0.25, 0.3) is 16.7 Å². The van der Waals surface area contributed by atoms with E-state index < -0.39 is 11.7 Å². The number of rotatable bonds is 3. The van der Waals surface area contributed by atoms with Crippen LogP contribution in [0.15, 0.2) is 65.8 Å². The van der Waals surface area contributed by atoms with Gasteiger partial charge in [-0.2, -0.15) is 18.3 Å². The minimum absolute atomic E-state index is 0.0995. The lowest BCUT2D eigenvalue weighted by Gasteiger charge is -2.09. The second kappa shape index (κ2) is 6.79. The molecule has 4 rings (SSSR count). The first-order valence-electron chi connectivity index (χ1n) is 8.18. The third-order valence-electron chi connectivity index (χ3n) is 4.24. The second-order valence-electron chi connectivity index (χ2n) is 6.15. The lowest BCUT2D eigenvalue weighted by molar-refractivity contribution is -0.137. The molecule has 0 saturated carbocycles. The van der Waals surface area contributed by atoms with Gasteiger partial charge in [0.25, 0.3) is 5.56 Å². The molecule has 0 bridgehead atoms. The van der Waals surface area contributed by atoms with Gasteiger partial charge in [0.05, 0.1) is 24.0 Å². The van der Waals surface area contributed by atoms with Crippen LogP contribution in [0, 0.1) is 0 Å². The van der Waals surface area contributed by atoms with Crippen molar-refractivity contribution >= 4 is 22.6 Å². The van der Waals surface area contributed by atoms with Gasteiger partial charge < -0.3 is 0 Å². The van der Waals surface area contributed by atoms with Crippen molar-refractivity contribution in [3.8, 4) is 5.69 Å². The molecule has 0 spiro atoms. The summed E-state index contributed by atoms with van der Waals surface area (Å²) in [6.45, 7) is 0.0995. The van der Waals surface area contributed by atoms with E-state index >= 15 is 0 Å². The molecule has 0 aliphatic rings. The predicted octanol–water partition coefficient (Wildman–Crippen LogP) is 4.30. The Morgan fingerprint density at radius 3 is 2.50 bits per heavy atom. The highest BCUT2D eigenvalue weighted by Crippen LogP contribution is 2.29. The van der Waals surface area contributed by atoms with Gasteiger partial charge in [-0.25, -0.2) is 9.67 Å². The van der Waals surface area contributed by atoms with Gasteiger partial charge in [-0.1, -0.05) is 29.8 Å². The molecule has 4 aromatic rings. The summed E-state index contributed by atoms with van der Waals surface area (Å²) in [6, 6.07) is 11.6. The Hall–Kier alpha value is -3.13. The minimum Gasteiger partial charge on any atom is -0.294 e. The Bertz CT molecular complexity index is 1210. The molecular weight excluding hydrogens is 393 g/mol. The van der Waals surface area contributed by atoms with E-state index in [9.17, 15) is 18.0 Å². The highest BCUT2D eigenvalue weighted by atomic mass is 35.5. The predicted molar refractivity (Wildman–Crippen MR) is 98.7 cm³/mol. The van der Waals surface area contributed by atoms with Gasteiger partial charge in [-0.05, 0) is 35.9 Å². The van der Waals surface area contributed by atoms with Gasteiger partial charge in [0, 0.05) is 5.02 Å². The topological polar surface area (TPSA) is 52.7 Å². The van der Waals surface area contributed by atoms with E-state index in [1.807, 2.05) is 0 Å². The summed E-state index contributed by atoms with van der Waals surface area (Å²) in [5.74, 6) is 0. The molecule has 5 nitrogen and oxygen atoms in total. The summed E-state index contributed by atoms with van der Waals surface area (Å²) in [4.78, 5) is 17.0. The zero-order chi connectivity index (χ0) is 19.9. The lowest BCUT2D eigenvalue weighted by Crippen LogP contribution is -2.21. The number of hydrogen-bond donors (Lipinski definition) is 0. The Morgan fingerprint density at radius 1 is 1.07 bits per heavy atom. The first-order valence-corrected chi connectivity index (χ1v) is 8.56. The van der Waals surface area contributed by atoms with E-state index in [1.165, 1.54) is 33.9 Å². The molecule has 0 unspecified atom stereocenters. The molecule has 0 aliphatic carbocycles. The van der Waals surface area contributed by atoms with E-state index in [2.05, 4.69) is 10.1 Å². The Morgan fingerprint density at radius 2 is 1.82 bits per heavy atom. The highest BCUT2D eigenvalue weighted by molar-refractivity contribution is 6.30. The number of nitrogens with zero attached hydrogens (tertiary/aromatic N) is 4. The maximum absolute atomic E-state index is 12.7. The van der Waals surface area contributed by atoms with Crippen LogP contribution in [0.1, 0.15) is 11.1 Å². The van der Waals surface area contributed by atoms with E-state index in [0.717, 1.165) is 12.1 Å². The Kier molecular flexibility index (Phi) is 4.43. The number of benzene rings is 2. The third kappa shape index (κ3) is 3.38. The van der Waals surface area contributed by atoms with Crippen LogP contribution < -0.4 is 5.56 Å². The van der Waals surface area contributed by atoms with Crippen LogP contribution in [-0.4, -0.2) is 19.3 Å². The summed E-state index contributed by atoms with van der Waals surface area (Å²) in [5.41, 5.74) is 0.516. The summed E-state index contributed by atoms with van der Waals surface area (Å²) >= 11 is 6.00. The third-order valence-corrected chi connectivity index (χ3v) is 4.48. The van der Waals surface area contributed by atoms with Crippen LogP contribution in [0.2, 0.25) is 5.02 Å². The van der Waals surface area contributed by atoms with Crippen LogP contribution in [0.5, 0.6) is 0 Å². The molecule has 0 N–H and O–H groups in total. The van der Waals surface area contributed by atoms with Gasteiger partial charge >= 0.3 is 6.18 Å². The number of aromatic nitrogens is 4. The Balaban J connectivity index is 1.68. The van der Waals surface area contributed by atoms with Crippen molar-refractivity contribution in [1.82, 2.24) is 19.3 Å². The normalized spacial score (nSPS) is 11.9. The molecule has 2 aromatic heterocycles. The summed E-state index contributed by atoms with van der Waals surface area (Å²) in [5, 5.41) is 5.04. The van der Waals surface area contributed by atoms with Gasteiger partial charge in [-0.15, -0.1) is 0 Å². The second-order valence-corrected chi connectivity index (χ2v) is 6.58. The fourth-order valence-electron chi connectivity index (χ4n) is 2.85. The minimum atomic E-state index is -4.40. The molecule has 2 aromatic carbocycles. The molecule has 0 fully saturated rings. The summed E-state index contributed by atoms with van der Waals surface area (Å²) in [6.07, 6.45) is -1.63. The number of alkyl halides is 3. The number of hydrogen-bond acceptors (Lipinski definition) is 3. The van der Waals surface area contributed by atoms with Crippen LogP contribution in [-0.2, 0) is 12.7 Å². The smallest absolute Gasteiger partial charge is 0.294 e. The van der Waals surface area contributed by atoms with Gasteiger partial charge in [-0.3, -0.25) is 9.36 Å². The summed E-state index contributed by atoms with van der Waals surface area (Å²) < 4.78 is 40.8. The Labute approximate surface area is 161 Å². The molecule has 0 radical (unpaired) electrons. The fourth-order valence-corrected chi connectivity index (χ4v) is 3.04. The molecule has 9 heteroatoms. The van der Waals surface area contributed by atoms with Crippen molar-refractivity contribution in [3.05, 3.63) is 87.6 Å². The van der Waals surface area contributed by atoms with Crippen LogP contribution in [0.3, 0.4) is 0 Å². The quantitative estimate of drug-likeness (QED) is 0.511. The molecule has 2 heterocycles. The molecule has 0 atom stereocenters. The maximum atomic E-state index is 12.7. The molecule has 28 heavy (non-hydrogen) atoms. The number of halogens is 4. The first kappa shape index (κ1) is 18.2. The van der Waals surface area contributed by atoms with Crippen LogP contribution in [0.4, 0.5) is 13.2 Å². The van der Waals surface area contributed by atoms with Crippen molar-refractivity contribution in [2.75, 3.05) is 0 Å². The van der Waals surface area contributed by atoms with Gasteiger partial charge in [0.2, 0.25) is 0 Å². The van der Waals surface area contributed by atoms with E-state index in [-0.39, 0.29) is 12.1 Å². The van der Waals surface area contributed by atoms with Crippen molar-refractivity contribution in [2.45, 2.75) is 12.7 Å². The van der Waals surface area contributed by atoms with E-state index in [0.29, 0.717) is 27.3 Å². The SMILES string of the molecule is O=c1c2cnn(-c3cccc(Cl)c3)c2ncn1Cc1ccc(C(F)(F)F)cc1. The monoisotopic (exact) mass is 404 g/mol. The standard InChI is InChI=1S/C19H12ClF3N4O/c20-14-2-1-3-15(8-14)27-17-16(9-25-27)18(28)26(11-24-17)10-12-4-6-13(7-5-12)19(21,22)23/h1-9,11H,10H2. The average Bonchev–Trinajstić information content (AvgIpc) is 3.09. The van der Waals surface area contributed by atoms with E-state index in [4.69, 9.17) is 11.6 Å². The highest BCUT2D eigenvalue weighted by Gasteiger charge is 2.29. The molecule has 0 aliphatic heterocycles. The van der Waals surface area contributed by atoms with Crippen molar-refractivity contribution < 1.29 is 13.2 Å². The molecule has 0 saturated heterocycles. The maximum Gasteiger partial charge on any atom is 0.416 e. The fraction of sp³-hybridized carbons (Fsp3) is 0.105. The molecule has 0 amide bonds. The zero-order valence-electron chi connectivity index (χ0n) is 14.2. The summed E-state index contributed by atoms with van der Waals surface area (Å²) in [7, 11) is 0.